The Labute approximate surface area is 180 Å². The van der Waals surface area contributed by atoms with Gasteiger partial charge >= 0.3 is 0 Å². The average molecular weight is 394 g/mol. The molecule has 0 unspecified atom stereocenters. The third-order valence-electron chi connectivity index (χ3n) is 6.05. The van der Waals surface area contributed by atoms with Crippen molar-refractivity contribution in [3.8, 4) is 0 Å². The molecule has 0 aromatic heterocycles. The normalized spacial score (nSPS) is 11.2. The molecule has 0 aliphatic rings. The lowest BCUT2D eigenvalue weighted by Gasteiger charge is -2.17. The maximum atomic E-state index is 5.54. The smallest absolute Gasteiger partial charge is 0.00773 e. The summed E-state index contributed by atoms with van der Waals surface area (Å²) in [6.07, 6.45) is 19.0. The second-order valence-corrected chi connectivity index (χ2v) is 8.71. The maximum absolute atomic E-state index is 5.54. The van der Waals surface area contributed by atoms with Crippen molar-refractivity contribution in [2.75, 3.05) is 6.54 Å². The maximum Gasteiger partial charge on any atom is -0.00773 e. The van der Waals surface area contributed by atoms with Gasteiger partial charge in [0.1, 0.15) is 0 Å². The molecule has 29 heavy (non-hydrogen) atoms. The van der Waals surface area contributed by atoms with Gasteiger partial charge in [-0.2, -0.15) is 0 Å². The molecular formula is C28H43N. The Morgan fingerprint density at radius 1 is 0.483 bits per heavy atom. The molecular weight excluding hydrogens is 350 g/mol. The fourth-order valence-corrected chi connectivity index (χ4v) is 4.34. The lowest BCUT2D eigenvalue weighted by atomic mass is 9.88. The van der Waals surface area contributed by atoms with Crippen LogP contribution in [0.5, 0.6) is 0 Å². The van der Waals surface area contributed by atoms with Gasteiger partial charge in [-0.15, -0.1) is 0 Å². The molecule has 0 fully saturated rings. The zero-order valence-electron chi connectivity index (χ0n) is 18.5. The van der Waals surface area contributed by atoms with E-state index >= 15 is 0 Å². The lowest BCUT2D eigenvalue weighted by molar-refractivity contribution is 0.444. The molecule has 0 spiro atoms. The van der Waals surface area contributed by atoms with Crippen LogP contribution in [0.1, 0.15) is 88.2 Å². The Hall–Kier alpha value is -1.60. The quantitative estimate of drug-likeness (QED) is 0.273. The van der Waals surface area contributed by atoms with E-state index in [-0.39, 0.29) is 0 Å². The molecule has 0 heterocycles. The van der Waals surface area contributed by atoms with Crippen molar-refractivity contribution in [1.82, 2.24) is 0 Å². The van der Waals surface area contributed by atoms with E-state index in [2.05, 4.69) is 60.7 Å². The van der Waals surface area contributed by atoms with Gasteiger partial charge in [0, 0.05) is 0 Å². The highest BCUT2D eigenvalue weighted by atomic mass is 14.5. The van der Waals surface area contributed by atoms with Crippen molar-refractivity contribution in [3.05, 3.63) is 71.8 Å². The van der Waals surface area contributed by atoms with Gasteiger partial charge in [-0.05, 0) is 49.3 Å². The van der Waals surface area contributed by atoms with Gasteiger partial charge < -0.3 is 5.73 Å². The van der Waals surface area contributed by atoms with Crippen LogP contribution in [0.2, 0.25) is 0 Å². The summed E-state index contributed by atoms with van der Waals surface area (Å²) in [5.41, 5.74) is 8.52. The minimum absolute atomic E-state index is 0.758. The summed E-state index contributed by atoms with van der Waals surface area (Å²) in [6.45, 7) is 0.859. The zero-order chi connectivity index (χ0) is 20.4. The monoisotopic (exact) mass is 393 g/mol. The van der Waals surface area contributed by atoms with E-state index in [1.54, 1.807) is 0 Å². The molecule has 0 saturated heterocycles. The minimum atomic E-state index is 0.758. The highest BCUT2D eigenvalue weighted by Gasteiger charge is 2.11. The molecule has 0 amide bonds. The molecule has 1 heteroatoms. The van der Waals surface area contributed by atoms with Crippen LogP contribution in [0.3, 0.4) is 0 Å². The standard InChI is InChI=1S/C28H43N/c29-23-17-9-7-5-3-1-2-4-6-8-12-22-28(24-26-18-13-10-14-19-26)25-27-20-15-11-16-21-27/h10-11,13-16,18-21,28H,1-9,12,17,22-25,29H2. The van der Waals surface area contributed by atoms with Crippen molar-refractivity contribution >= 4 is 0 Å². The zero-order valence-corrected chi connectivity index (χ0v) is 18.5. The Morgan fingerprint density at radius 3 is 1.28 bits per heavy atom. The third kappa shape index (κ3) is 11.9. The van der Waals surface area contributed by atoms with Crippen LogP contribution in [-0.2, 0) is 12.8 Å². The van der Waals surface area contributed by atoms with Gasteiger partial charge in [0.2, 0.25) is 0 Å². The molecule has 0 aliphatic heterocycles. The first-order chi connectivity index (χ1) is 14.4. The number of hydrogen-bond donors (Lipinski definition) is 1. The van der Waals surface area contributed by atoms with Gasteiger partial charge in [0.25, 0.3) is 0 Å². The highest BCUT2D eigenvalue weighted by molar-refractivity contribution is 5.18. The summed E-state index contributed by atoms with van der Waals surface area (Å²) in [5, 5.41) is 0. The van der Waals surface area contributed by atoms with Gasteiger partial charge in [-0.1, -0.05) is 125 Å². The van der Waals surface area contributed by atoms with Crippen LogP contribution in [0.25, 0.3) is 0 Å². The first-order valence-electron chi connectivity index (χ1n) is 12.2. The van der Waals surface area contributed by atoms with Crippen LogP contribution in [-0.4, -0.2) is 6.54 Å². The predicted molar refractivity (Wildman–Crippen MR) is 128 cm³/mol. The van der Waals surface area contributed by atoms with Gasteiger partial charge in [-0.25, -0.2) is 0 Å². The van der Waals surface area contributed by atoms with E-state index < -0.39 is 0 Å². The number of hydrogen-bond acceptors (Lipinski definition) is 1. The van der Waals surface area contributed by atoms with E-state index in [1.807, 2.05) is 0 Å². The van der Waals surface area contributed by atoms with E-state index in [0.717, 1.165) is 12.5 Å². The molecule has 2 N–H and O–H groups in total. The second kappa shape index (κ2) is 16.2. The summed E-state index contributed by atoms with van der Waals surface area (Å²) in [7, 11) is 0. The molecule has 160 valence electrons. The molecule has 0 aliphatic carbocycles. The van der Waals surface area contributed by atoms with Crippen LogP contribution in [0, 0.1) is 5.92 Å². The minimum Gasteiger partial charge on any atom is -0.330 e. The van der Waals surface area contributed by atoms with E-state index in [0.29, 0.717) is 0 Å². The van der Waals surface area contributed by atoms with E-state index in [1.165, 1.54) is 101 Å². The number of benzene rings is 2. The SMILES string of the molecule is NCCCCCCCCCCCCCC(Cc1ccccc1)Cc1ccccc1. The second-order valence-electron chi connectivity index (χ2n) is 8.71. The summed E-state index contributed by atoms with van der Waals surface area (Å²) >= 11 is 0. The van der Waals surface area contributed by atoms with E-state index in [9.17, 15) is 0 Å². The average Bonchev–Trinajstić information content (AvgIpc) is 2.76. The fourth-order valence-electron chi connectivity index (χ4n) is 4.34. The number of nitrogens with two attached hydrogens (primary N) is 1. The first kappa shape index (κ1) is 23.7. The molecule has 0 bridgehead atoms. The largest absolute Gasteiger partial charge is 0.330 e. The van der Waals surface area contributed by atoms with Crippen molar-refractivity contribution in [1.29, 1.82) is 0 Å². The van der Waals surface area contributed by atoms with Crippen molar-refractivity contribution in [2.45, 2.75) is 89.9 Å². The van der Waals surface area contributed by atoms with Crippen LogP contribution in [0.4, 0.5) is 0 Å². The Kier molecular flexibility index (Phi) is 13.2. The number of rotatable bonds is 17. The van der Waals surface area contributed by atoms with Crippen molar-refractivity contribution < 1.29 is 0 Å². The van der Waals surface area contributed by atoms with E-state index in [4.69, 9.17) is 5.73 Å². The van der Waals surface area contributed by atoms with Crippen LogP contribution < -0.4 is 5.73 Å². The molecule has 2 rings (SSSR count). The van der Waals surface area contributed by atoms with Crippen LogP contribution >= 0.6 is 0 Å². The summed E-state index contributed by atoms with van der Waals surface area (Å²) < 4.78 is 0. The van der Waals surface area contributed by atoms with Crippen LogP contribution in [0.15, 0.2) is 60.7 Å². The predicted octanol–water partition coefficient (Wildman–Crippen LogP) is 7.73. The van der Waals surface area contributed by atoms with Crippen molar-refractivity contribution in [3.63, 3.8) is 0 Å². The summed E-state index contributed by atoms with van der Waals surface area (Å²) in [6, 6.07) is 22.1. The Balaban J connectivity index is 1.58. The van der Waals surface area contributed by atoms with Crippen molar-refractivity contribution in [2.24, 2.45) is 11.7 Å². The summed E-state index contributed by atoms with van der Waals surface area (Å²) in [4.78, 5) is 0. The fraction of sp³-hybridized carbons (Fsp3) is 0.571. The summed E-state index contributed by atoms with van der Waals surface area (Å²) in [5.74, 6) is 0.758. The molecule has 1 nitrogen and oxygen atoms in total. The topological polar surface area (TPSA) is 26.0 Å². The Bertz CT molecular complexity index is 551. The molecule has 2 aromatic rings. The highest BCUT2D eigenvalue weighted by Crippen LogP contribution is 2.21. The molecule has 0 atom stereocenters. The third-order valence-corrected chi connectivity index (χ3v) is 6.05. The molecule has 0 radical (unpaired) electrons. The first-order valence-corrected chi connectivity index (χ1v) is 12.2. The number of unbranched alkanes of at least 4 members (excludes halogenated alkanes) is 10. The molecule has 2 aromatic carbocycles. The van der Waals surface area contributed by atoms with Gasteiger partial charge in [0.05, 0.1) is 0 Å². The van der Waals surface area contributed by atoms with Gasteiger partial charge in [-0.3, -0.25) is 0 Å². The molecule has 0 saturated carbocycles. The Morgan fingerprint density at radius 2 is 0.862 bits per heavy atom. The van der Waals surface area contributed by atoms with Gasteiger partial charge in [0.15, 0.2) is 0 Å². The lowest BCUT2D eigenvalue weighted by Crippen LogP contribution is -2.08.